The van der Waals surface area contributed by atoms with Crippen molar-refractivity contribution in [2.45, 2.75) is 57.2 Å². The van der Waals surface area contributed by atoms with Crippen molar-refractivity contribution in [3.05, 3.63) is 54.1 Å². The largest absolute Gasteiger partial charge is 0.497 e. The number of hydrogen-bond donors (Lipinski definition) is 2. The van der Waals surface area contributed by atoms with E-state index in [1.165, 1.54) is 5.56 Å². The van der Waals surface area contributed by atoms with E-state index in [1.807, 2.05) is 34.7 Å². The zero-order valence-corrected chi connectivity index (χ0v) is 23.6. The van der Waals surface area contributed by atoms with Crippen LogP contribution in [0.15, 0.2) is 42.7 Å². The molecule has 1 aromatic carbocycles. The minimum Gasteiger partial charge on any atom is -0.497 e. The van der Waals surface area contributed by atoms with E-state index in [9.17, 15) is 9.59 Å². The zero-order chi connectivity index (χ0) is 28.1. The third-order valence-corrected chi connectivity index (χ3v) is 8.33. The third kappa shape index (κ3) is 6.62. The summed E-state index contributed by atoms with van der Waals surface area (Å²) in [6.45, 7) is 3.43. The Morgan fingerprint density at radius 3 is 2.67 bits per heavy atom. The Bertz CT molecular complexity index is 1300. The average molecular weight is 548 g/mol. The summed E-state index contributed by atoms with van der Waals surface area (Å²) in [5, 5.41) is 3.13. The summed E-state index contributed by atoms with van der Waals surface area (Å²) in [7, 11) is 3.60. The van der Waals surface area contributed by atoms with Crippen molar-refractivity contribution >= 4 is 22.8 Å². The van der Waals surface area contributed by atoms with Crippen molar-refractivity contribution in [2.75, 3.05) is 33.3 Å². The number of nitrogens with zero attached hydrogens (tertiary/aromatic N) is 5. The van der Waals surface area contributed by atoms with Crippen molar-refractivity contribution in [2.24, 2.45) is 18.7 Å². The standard InChI is InChI=1S/C30H41N7O3/c1-35-27-17-32-12-11-25(27)34-28(35)18-33-30(39)26-16-22(15-21-5-8-24(40-2)9-6-21)19-37(26)20-23(31)7-10-29(38)36-13-3-4-14-36/h5-6,8-9,11-12,17,22-23,26H,3-4,7,10,13-16,18-20,31H2,1-2H3,(H,33,39). The van der Waals surface area contributed by atoms with Crippen LogP contribution in [-0.4, -0.2) is 81.5 Å². The van der Waals surface area contributed by atoms with Crippen LogP contribution in [0.2, 0.25) is 0 Å². The van der Waals surface area contributed by atoms with E-state index in [4.69, 9.17) is 10.5 Å². The van der Waals surface area contributed by atoms with E-state index in [0.29, 0.717) is 31.8 Å². The molecular weight excluding hydrogens is 506 g/mol. The number of nitrogens with two attached hydrogens (primary N) is 1. The molecule has 10 heteroatoms. The summed E-state index contributed by atoms with van der Waals surface area (Å²) in [6, 6.07) is 9.56. The number of fused-ring (bicyclic) bond motifs is 1. The first-order valence-electron chi connectivity index (χ1n) is 14.3. The lowest BCUT2D eigenvalue weighted by Gasteiger charge is -2.27. The van der Waals surface area contributed by atoms with Crippen LogP contribution in [0.1, 0.15) is 43.5 Å². The number of imidazole rings is 1. The predicted octanol–water partition coefficient (Wildman–Crippen LogP) is 2.26. The first kappa shape index (κ1) is 28.0. The molecule has 3 N–H and O–H groups in total. The highest BCUT2D eigenvalue weighted by Gasteiger charge is 2.37. The van der Waals surface area contributed by atoms with Crippen LogP contribution < -0.4 is 15.8 Å². The Morgan fingerprint density at radius 2 is 1.95 bits per heavy atom. The Balaban J connectivity index is 1.22. The number of benzene rings is 1. The maximum atomic E-state index is 13.5. The van der Waals surface area contributed by atoms with Gasteiger partial charge in [0.05, 0.1) is 36.9 Å². The molecule has 3 aromatic rings. The van der Waals surface area contributed by atoms with Gasteiger partial charge in [0.2, 0.25) is 11.8 Å². The number of ether oxygens (including phenoxy) is 1. The SMILES string of the molecule is COc1ccc(CC2CC(C(=O)NCc3nc4ccncc4n3C)N(CC(N)CCC(=O)N3CCCC3)C2)cc1. The van der Waals surface area contributed by atoms with Crippen molar-refractivity contribution in [3.63, 3.8) is 0 Å². The lowest BCUT2D eigenvalue weighted by Crippen LogP contribution is -2.47. The number of hydrogen-bond acceptors (Lipinski definition) is 7. The van der Waals surface area contributed by atoms with E-state index >= 15 is 0 Å². The van der Waals surface area contributed by atoms with Crippen molar-refractivity contribution < 1.29 is 14.3 Å². The first-order chi connectivity index (χ1) is 19.4. The molecule has 0 aliphatic carbocycles. The first-order valence-corrected chi connectivity index (χ1v) is 14.3. The van der Waals surface area contributed by atoms with E-state index in [2.05, 4.69) is 32.3 Å². The zero-order valence-electron chi connectivity index (χ0n) is 23.6. The Labute approximate surface area is 235 Å². The van der Waals surface area contributed by atoms with Gasteiger partial charge in [-0.05, 0) is 61.8 Å². The Kier molecular flexibility index (Phi) is 8.96. The molecule has 0 saturated carbocycles. The van der Waals surface area contributed by atoms with Crippen LogP contribution in [0.25, 0.3) is 11.0 Å². The van der Waals surface area contributed by atoms with Gasteiger partial charge < -0.3 is 25.3 Å². The molecule has 10 nitrogen and oxygen atoms in total. The van der Waals surface area contributed by atoms with Crippen LogP contribution >= 0.6 is 0 Å². The summed E-state index contributed by atoms with van der Waals surface area (Å²) in [5.74, 6) is 2.12. The number of aryl methyl sites for hydroxylation is 1. The van der Waals surface area contributed by atoms with Crippen LogP contribution in [-0.2, 0) is 29.6 Å². The number of rotatable bonds is 11. The molecule has 4 heterocycles. The van der Waals surface area contributed by atoms with Crippen LogP contribution in [0, 0.1) is 5.92 Å². The van der Waals surface area contributed by atoms with Gasteiger partial charge in [-0.15, -0.1) is 0 Å². The second-order valence-electron chi connectivity index (χ2n) is 11.2. The van der Waals surface area contributed by atoms with E-state index in [1.54, 1.807) is 19.5 Å². The summed E-state index contributed by atoms with van der Waals surface area (Å²) in [4.78, 5) is 39.1. The molecule has 214 valence electrons. The highest BCUT2D eigenvalue weighted by atomic mass is 16.5. The fourth-order valence-corrected chi connectivity index (χ4v) is 6.07. The van der Waals surface area contributed by atoms with Crippen LogP contribution in [0.4, 0.5) is 0 Å². The molecule has 2 aliphatic heterocycles. The molecule has 2 aliphatic rings. The quantitative estimate of drug-likeness (QED) is 0.378. The summed E-state index contributed by atoms with van der Waals surface area (Å²) in [6.07, 6.45) is 8.39. The minimum absolute atomic E-state index is 0.0113. The van der Waals surface area contributed by atoms with Gasteiger partial charge in [-0.3, -0.25) is 19.5 Å². The maximum absolute atomic E-state index is 13.5. The van der Waals surface area contributed by atoms with Gasteiger partial charge >= 0.3 is 0 Å². The summed E-state index contributed by atoms with van der Waals surface area (Å²) < 4.78 is 7.27. The molecule has 0 bridgehead atoms. The lowest BCUT2D eigenvalue weighted by atomic mass is 9.96. The normalized spacial score (nSPS) is 20.2. The number of carbonyl (C=O) groups is 2. The molecule has 40 heavy (non-hydrogen) atoms. The lowest BCUT2D eigenvalue weighted by molar-refractivity contribution is -0.130. The molecule has 2 saturated heterocycles. The minimum atomic E-state index is -0.278. The number of aromatic nitrogens is 3. The van der Waals surface area contributed by atoms with E-state index < -0.39 is 0 Å². The molecule has 0 radical (unpaired) electrons. The van der Waals surface area contributed by atoms with Gasteiger partial charge in [0.25, 0.3) is 0 Å². The van der Waals surface area contributed by atoms with E-state index in [-0.39, 0.29) is 23.9 Å². The van der Waals surface area contributed by atoms with Gasteiger partial charge in [-0.1, -0.05) is 12.1 Å². The fraction of sp³-hybridized carbons (Fsp3) is 0.533. The van der Waals surface area contributed by atoms with Gasteiger partial charge in [0.1, 0.15) is 11.6 Å². The molecule has 2 fully saturated rings. The summed E-state index contributed by atoms with van der Waals surface area (Å²) in [5.41, 5.74) is 9.56. The topological polar surface area (TPSA) is 119 Å². The van der Waals surface area contributed by atoms with Gasteiger partial charge in [0.15, 0.2) is 0 Å². The second-order valence-corrected chi connectivity index (χ2v) is 11.2. The molecule has 2 amide bonds. The number of likely N-dealkylation sites (tertiary alicyclic amines) is 2. The van der Waals surface area contributed by atoms with Gasteiger partial charge in [-0.2, -0.15) is 0 Å². The average Bonchev–Trinajstić information content (AvgIpc) is 3.71. The van der Waals surface area contributed by atoms with Crippen molar-refractivity contribution in [1.82, 2.24) is 29.7 Å². The third-order valence-electron chi connectivity index (χ3n) is 8.33. The maximum Gasteiger partial charge on any atom is 0.237 e. The smallest absolute Gasteiger partial charge is 0.237 e. The monoisotopic (exact) mass is 547 g/mol. The molecule has 3 atom stereocenters. The number of pyridine rings is 1. The number of nitrogens with one attached hydrogen (secondary N) is 1. The molecular formula is C30H41N7O3. The second kappa shape index (κ2) is 12.8. The van der Waals surface area contributed by atoms with Crippen LogP contribution in [0.5, 0.6) is 5.75 Å². The van der Waals surface area contributed by atoms with Gasteiger partial charge in [0, 0.05) is 51.9 Å². The Hall–Kier alpha value is -3.50. The number of carbonyl (C=O) groups excluding carboxylic acids is 2. The molecule has 3 unspecified atom stereocenters. The summed E-state index contributed by atoms with van der Waals surface area (Å²) >= 11 is 0. The van der Waals surface area contributed by atoms with Crippen molar-refractivity contribution in [1.29, 1.82) is 0 Å². The van der Waals surface area contributed by atoms with Crippen LogP contribution in [0.3, 0.4) is 0 Å². The Morgan fingerprint density at radius 1 is 1.18 bits per heavy atom. The predicted molar refractivity (Wildman–Crippen MR) is 154 cm³/mol. The molecule has 0 spiro atoms. The number of amides is 2. The van der Waals surface area contributed by atoms with Gasteiger partial charge in [-0.25, -0.2) is 4.98 Å². The highest BCUT2D eigenvalue weighted by Crippen LogP contribution is 2.28. The van der Waals surface area contributed by atoms with Crippen molar-refractivity contribution in [3.8, 4) is 5.75 Å². The van der Waals surface area contributed by atoms with E-state index in [0.717, 1.165) is 67.9 Å². The molecule has 2 aromatic heterocycles. The number of methoxy groups -OCH3 is 1. The molecule has 5 rings (SSSR count). The highest BCUT2D eigenvalue weighted by molar-refractivity contribution is 5.82. The fourth-order valence-electron chi connectivity index (χ4n) is 6.07.